The van der Waals surface area contributed by atoms with Gasteiger partial charge in [-0.3, -0.25) is 9.35 Å². The lowest BCUT2D eigenvalue weighted by Gasteiger charge is -2.41. The van der Waals surface area contributed by atoms with Crippen molar-refractivity contribution in [3.05, 3.63) is 34.9 Å². The van der Waals surface area contributed by atoms with Gasteiger partial charge in [0.15, 0.2) is 0 Å². The number of halogens is 1. The van der Waals surface area contributed by atoms with Gasteiger partial charge in [0, 0.05) is 10.8 Å². The van der Waals surface area contributed by atoms with E-state index in [-0.39, 0.29) is 0 Å². The second-order valence-electron chi connectivity index (χ2n) is 3.97. The molecule has 1 aromatic carbocycles. The largest absolute Gasteiger partial charge is 0.363 e. The molecule has 0 bridgehead atoms. The molecule has 1 heterocycles. The van der Waals surface area contributed by atoms with E-state index in [2.05, 4.69) is 0 Å². The van der Waals surface area contributed by atoms with E-state index in [0.29, 0.717) is 15.1 Å². The van der Waals surface area contributed by atoms with Crippen molar-refractivity contribution in [2.75, 3.05) is 0 Å². The van der Waals surface area contributed by atoms with E-state index in [1.807, 2.05) is 0 Å². The van der Waals surface area contributed by atoms with Crippen LogP contribution in [0.4, 0.5) is 0 Å². The predicted octanol–water partition coefficient (Wildman–Crippen LogP) is 0.872. The summed E-state index contributed by atoms with van der Waals surface area (Å²) in [4.78, 5) is 11.3. The normalized spacial score (nSPS) is 23.3. The molecule has 1 amide bonds. The zero-order valence-corrected chi connectivity index (χ0v) is 12.0. The molecule has 1 aliphatic rings. The average molecular weight is 323 g/mol. The lowest BCUT2D eigenvalue weighted by molar-refractivity contribution is -0.137. The van der Waals surface area contributed by atoms with E-state index in [9.17, 15) is 13.2 Å². The Labute approximate surface area is 119 Å². The quantitative estimate of drug-likeness (QED) is 0.630. The summed E-state index contributed by atoms with van der Waals surface area (Å²) < 4.78 is 31.3. The van der Waals surface area contributed by atoms with Crippen molar-refractivity contribution in [1.82, 2.24) is 4.31 Å². The molecule has 0 radical (unpaired) electrons. The van der Waals surface area contributed by atoms with E-state index in [4.69, 9.17) is 21.9 Å². The molecule has 1 aliphatic heterocycles. The highest BCUT2D eigenvalue weighted by molar-refractivity contribution is 8.00. The van der Waals surface area contributed by atoms with Gasteiger partial charge in [0.1, 0.15) is 11.4 Å². The third-order valence-corrected chi connectivity index (χ3v) is 5.26. The van der Waals surface area contributed by atoms with Gasteiger partial charge >= 0.3 is 10.3 Å². The molecule has 0 saturated carbocycles. The Bertz CT molecular complexity index is 590. The number of nitrogens with two attached hydrogens (primary N) is 1. The van der Waals surface area contributed by atoms with Crippen molar-refractivity contribution in [2.45, 2.75) is 17.2 Å². The highest BCUT2D eigenvalue weighted by atomic mass is 35.5. The maximum atomic E-state index is 11.3. The summed E-state index contributed by atoms with van der Waals surface area (Å²) in [6, 6.07) is 6.09. The summed E-state index contributed by atoms with van der Waals surface area (Å²) in [5.74, 6) is -0.342. The number of carbonyl (C=O) groups is 1. The van der Waals surface area contributed by atoms with Gasteiger partial charge in [0.05, 0.1) is 0 Å². The Hall–Kier alpha value is -0.800. The lowest BCUT2D eigenvalue weighted by Crippen LogP contribution is -2.68. The van der Waals surface area contributed by atoms with E-state index in [0.717, 1.165) is 5.56 Å². The number of carbonyl (C=O) groups excluding carboxylic acids is 1. The van der Waals surface area contributed by atoms with Crippen LogP contribution in [0.25, 0.3) is 0 Å². The smallest absolute Gasteiger partial charge is 0.317 e. The van der Waals surface area contributed by atoms with Gasteiger partial charge in [-0.05, 0) is 17.7 Å². The van der Waals surface area contributed by atoms with Crippen molar-refractivity contribution in [2.24, 2.45) is 5.73 Å². The van der Waals surface area contributed by atoms with Gasteiger partial charge in [0.2, 0.25) is 0 Å². The Morgan fingerprint density at radius 3 is 2.47 bits per heavy atom. The van der Waals surface area contributed by atoms with Gasteiger partial charge in [-0.15, -0.1) is 11.8 Å². The summed E-state index contributed by atoms with van der Waals surface area (Å²) in [5.41, 5.74) is 6.45. The molecule has 0 aliphatic carbocycles. The van der Waals surface area contributed by atoms with Crippen LogP contribution in [0, 0.1) is 0 Å². The van der Waals surface area contributed by atoms with Crippen LogP contribution in [0.3, 0.4) is 0 Å². The average Bonchev–Trinajstić information content (AvgIpc) is 2.33. The molecule has 2 rings (SSSR count). The number of hydrogen-bond donors (Lipinski definition) is 2. The second kappa shape index (κ2) is 5.29. The predicted molar refractivity (Wildman–Crippen MR) is 72.9 cm³/mol. The first kappa shape index (κ1) is 14.6. The highest BCUT2D eigenvalue weighted by Gasteiger charge is 2.51. The second-order valence-corrected chi connectivity index (χ2v) is 6.80. The SMILES string of the molecule is N[C@H]1C(=O)N(S(=O)(=O)O)C1SCc1ccc(Cl)cc1. The topological polar surface area (TPSA) is 101 Å². The molecule has 3 N–H and O–H groups in total. The molecule has 2 atom stereocenters. The molecule has 19 heavy (non-hydrogen) atoms. The van der Waals surface area contributed by atoms with Crippen LogP contribution in [-0.4, -0.2) is 34.6 Å². The molecule has 9 heteroatoms. The number of rotatable bonds is 4. The molecule has 1 saturated heterocycles. The molecule has 0 aromatic heterocycles. The minimum absolute atomic E-state index is 0.401. The first-order valence-corrected chi connectivity index (χ1v) is 8.05. The summed E-state index contributed by atoms with van der Waals surface area (Å²) in [6.45, 7) is 0. The van der Waals surface area contributed by atoms with Crippen LogP contribution < -0.4 is 5.73 Å². The van der Waals surface area contributed by atoms with Crippen LogP contribution in [0.2, 0.25) is 5.02 Å². The third kappa shape index (κ3) is 3.03. The lowest BCUT2D eigenvalue weighted by atomic mass is 10.2. The highest BCUT2D eigenvalue weighted by Crippen LogP contribution is 2.33. The van der Waals surface area contributed by atoms with Crippen LogP contribution in [0.1, 0.15) is 5.56 Å². The maximum absolute atomic E-state index is 11.3. The fourth-order valence-electron chi connectivity index (χ4n) is 1.64. The number of hydrogen-bond acceptors (Lipinski definition) is 5. The molecular formula is C10H11ClN2O4S2. The van der Waals surface area contributed by atoms with Crippen molar-refractivity contribution < 1.29 is 17.8 Å². The van der Waals surface area contributed by atoms with E-state index < -0.39 is 27.6 Å². The summed E-state index contributed by atoms with van der Waals surface area (Å²) >= 11 is 6.91. The van der Waals surface area contributed by atoms with Crippen molar-refractivity contribution in [3.8, 4) is 0 Å². The zero-order valence-electron chi connectivity index (χ0n) is 9.56. The third-order valence-electron chi connectivity index (χ3n) is 2.62. The Morgan fingerprint density at radius 2 is 1.95 bits per heavy atom. The van der Waals surface area contributed by atoms with Crippen molar-refractivity contribution in [1.29, 1.82) is 0 Å². The van der Waals surface area contributed by atoms with Crippen LogP contribution >= 0.6 is 23.4 Å². The Morgan fingerprint density at radius 1 is 1.37 bits per heavy atom. The molecule has 1 aromatic rings. The van der Waals surface area contributed by atoms with E-state index >= 15 is 0 Å². The maximum Gasteiger partial charge on any atom is 0.363 e. The van der Waals surface area contributed by atoms with Gasteiger partial charge in [0.25, 0.3) is 5.91 Å². The molecule has 1 unspecified atom stereocenters. The van der Waals surface area contributed by atoms with E-state index in [1.54, 1.807) is 24.3 Å². The number of thioether (sulfide) groups is 1. The van der Waals surface area contributed by atoms with Crippen LogP contribution in [0.5, 0.6) is 0 Å². The van der Waals surface area contributed by atoms with Crippen LogP contribution in [0.15, 0.2) is 24.3 Å². The Kier molecular flexibility index (Phi) is 4.07. The molecule has 0 spiro atoms. The monoisotopic (exact) mass is 322 g/mol. The summed E-state index contributed by atoms with van der Waals surface area (Å²) in [6.07, 6.45) is 0. The molecule has 104 valence electrons. The minimum Gasteiger partial charge on any atom is -0.317 e. The van der Waals surface area contributed by atoms with Gasteiger partial charge in [-0.1, -0.05) is 23.7 Å². The van der Waals surface area contributed by atoms with Crippen molar-refractivity contribution >= 4 is 39.6 Å². The van der Waals surface area contributed by atoms with E-state index in [1.165, 1.54) is 11.8 Å². The number of β-lactam (4-membered cyclic amide) rings is 1. The fourth-order valence-corrected chi connectivity index (χ4v) is 4.13. The number of nitrogens with zero attached hydrogens (tertiary/aromatic N) is 1. The van der Waals surface area contributed by atoms with Gasteiger partial charge in [-0.25, -0.2) is 0 Å². The van der Waals surface area contributed by atoms with Gasteiger partial charge in [-0.2, -0.15) is 12.7 Å². The van der Waals surface area contributed by atoms with Crippen molar-refractivity contribution in [3.63, 3.8) is 0 Å². The minimum atomic E-state index is -4.55. The summed E-state index contributed by atoms with van der Waals surface area (Å²) in [5, 5.41) is -0.179. The van der Waals surface area contributed by atoms with Crippen LogP contribution in [-0.2, 0) is 20.9 Å². The fraction of sp³-hybridized carbons (Fsp3) is 0.300. The Balaban J connectivity index is 2.03. The first-order valence-electron chi connectivity index (χ1n) is 5.23. The van der Waals surface area contributed by atoms with Gasteiger partial charge < -0.3 is 5.73 Å². The number of amides is 1. The molecule has 6 nitrogen and oxygen atoms in total. The number of benzene rings is 1. The standard InChI is InChI=1S/C10H11ClN2O4S2/c11-7-3-1-6(2-4-7)5-18-10-8(12)9(14)13(10)19(15,16)17/h1-4,8,10H,5,12H2,(H,15,16,17)/t8-,10?/m0/s1. The molecule has 1 fully saturated rings. The summed E-state index contributed by atoms with van der Waals surface area (Å²) in [7, 11) is -4.55. The first-order chi connectivity index (χ1) is 8.80. The zero-order chi connectivity index (χ0) is 14.2. The molecular weight excluding hydrogens is 312 g/mol.